The Kier molecular flexibility index (Phi) is 5.79. The van der Waals surface area contributed by atoms with E-state index in [0.29, 0.717) is 12.3 Å². The molecule has 3 nitrogen and oxygen atoms in total. The molecule has 0 amide bonds. The number of hydrogen-bond acceptors (Lipinski definition) is 3. The standard InChI is InChI=1S/C13H24N2O/c1-13(2,6-4-7-14)11-15-9-12-5-3-8-16-10-12/h12,15H,3-6,8-11H2,1-2H3. The molecule has 16 heavy (non-hydrogen) atoms. The monoisotopic (exact) mass is 224 g/mol. The van der Waals surface area contributed by atoms with E-state index in [1.165, 1.54) is 12.8 Å². The van der Waals surface area contributed by atoms with Crippen LogP contribution in [0.15, 0.2) is 0 Å². The third-order valence-electron chi connectivity index (χ3n) is 3.20. The molecule has 0 aromatic heterocycles. The van der Waals surface area contributed by atoms with Crippen molar-refractivity contribution < 1.29 is 4.74 Å². The second-order valence-electron chi connectivity index (χ2n) is 5.54. The predicted octanol–water partition coefficient (Wildman–Crippen LogP) is 2.33. The lowest BCUT2D eigenvalue weighted by Gasteiger charge is -2.27. The van der Waals surface area contributed by atoms with Gasteiger partial charge in [-0.05, 0) is 30.6 Å². The van der Waals surface area contributed by atoms with Crippen LogP contribution >= 0.6 is 0 Å². The van der Waals surface area contributed by atoms with Gasteiger partial charge in [-0.2, -0.15) is 5.26 Å². The minimum Gasteiger partial charge on any atom is -0.381 e. The molecule has 1 heterocycles. The van der Waals surface area contributed by atoms with Crippen molar-refractivity contribution in [3.63, 3.8) is 0 Å². The zero-order chi connectivity index (χ0) is 11.9. The summed E-state index contributed by atoms with van der Waals surface area (Å²) in [5, 5.41) is 12.1. The van der Waals surface area contributed by atoms with Gasteiger partial charge >= 0.3 is 0 Å². The van der Waals surface area contributed by atoms with Gasteiger partial charge in [-0.3, -0.25) is 0 Å². The molecular formula is C13H24N2O. The van der Waals surface area contributed by atoms with Gasteiger partial charge in [0.05, 0.1) is 12.7 Å². The lowest BCUT2D eigenvalue weighted by Crippen LogP contribution is -2.35. The maximum Gasteiger partial charge on any atom is 0.0621 e. The van der Waals surface area contributed by atoms with Gasteiger partial charge in [-0.1, -0.05) is 13.8 Å². The van der Waals surface area contributed by atoms with E-state index < -0.39 is 0 Å². The Hall–Kier alpha value is -0.590. The Bertz CT molecular complexity index is 227. The van der Waals surface area contributed by atoms with Crippen molar-refractivity contribution in [2.75, 3.05) is 26.3 Å². The minimum absolute atomic E-state index is 0.227. The fourth-order valence-electron chi connectivity index (χ4n) is 2.07. The minimum atomic E-state index is 0.227. The maximum atomic E-state index is 8.57. The largest absolute Gasteiger partial charge is 0.381 e. The second-order valence-corrected chi connectivity index (χ2v) is 5.54. The van der Waals surface area contributed by atoms with E-state index in [1.807, 2.05) is 0 Å². The Balaban J connectivity index is 2.11. The molecule has 1 saturated heterocycles. The van der Waals surface area contributed by atoms with Crippen molar-refractivity contribution in [3.05, 3.63) is 0 Å². The van der Waals surface area contributed by atoms with Crippen LogP contribution in [0.25, 0.3) is 0 Å². The third kappa shape index (κ3) is 5.48. The Morgan fingerprint density at radius 2 is 2.31 bits per heavy atom. The second kappa shape index (κ2) is 6.88. The summed E-state index contributed by atoms with van der Waals surface area (Å²) in [5.41, 5.74) is 0.227. The number of nitrogens with one attached hydrogen (secondary N) is 1. The number of nitrogens with zero attached hydrogens (tertiary/aromatic N) is 1. The molecule has 1 aliphatic heterocycles. The van der Waals surface area contributed by atoms with Gasteiger partial charge in [-0.25, -0.2) is 0 Å². The molecule has 92 valence electrons. The summed E-state index contributed by atoms with van der Waals surface area (Å²) in [6.45, 7) is 8.32. The average Bonchev–Trinajstić information content (AvgIpc) is 2.28. The zero-order valence-corrected chi connectivity index (χ0v) is 10.6. The van der Waals surface area contributed by atoms with E-state index in [2.05, 4.69) is 25.2 Å². The zero-order valence-electron chi connectivity index (χ0n) is 10.6. The summed E-state index contributed by atoms with van der Waals surface area (Å²) in [7, 11) is 0. The molecular weight excluding hydrogens is 200 g/mol. The van der Waals surface area contributed by atoms with E-state index in [-0.39, 0.29) is 5.41 Å². The van der Waals surface area contributed by atoms with E-state index in [9.17, 15) is 0 Å². The Morgan fingerprint density at radius 3 is 2.94 bits per heavy atom. The van der Waals surface area contributed by atoms with Crippen LogP contribution in [-0.2, 0) is 4.74 Å². The predicted molar refractivity (Wildman–Crippen MR) is 65.0 cm³/mol. The van der Waals surface area contributed by atoms with Crippen LogP contribution in [0.1, 0.15) is 39.5 Å². The molecule has 1 fully saturated rings. The normalized spacial score (nSPS) is 21.7. The third-order valence-corrected chi connectivity index (χ3v) is 3.20. The van der Waals surface area contributed by atoms with Gasteiger partial charge in [0.2, 0.25) is 0 Å². The summed E-state index contributed by atoms with van der Waals surface area (Å²) in [6.07, 6.45) is 4.11. The quantitative estimate of drug-likeness (QED) is 0.753. The molecule has 0 radical (unpaired) electrons. The first-order valence-electron chi connectivity index (χ1n) is 6.29. The van der Waals surface area contributed by atoms with Crippen LogP contribution < -0.4 is 5.32 Å². The van der Waals surface area contributed by atoms with Crippen molar-refractivity contribution in [2.45, 2.75) is 39.5 Å². The van der Waals surface area contributed by atoms with E-state index in [0.717, 1.165) is 32.7 Å². The molecule has 0 aliphatic carbocycles. The summed E-state index contributed by atoms with van der Waals surface area (Å²) in [6, 6.07) is 2.22. The van der Waals surface area contributed by atoms with Gasteiger partial charge in [-0.15, -0.1) is 0 Å². The number of nitriles is 1. The van der Waals surface area contributed by atoms with Crippen LogP contribution in [0.5, 0.6) is 0 Å². The number of rotatable bonds is 6. The highest BCUT2D eigenvalue weighted by molar-refractivity contribution is 4.79. The fraction of sp³-hybridized carbons (Fsp3) is 0.923. The Morgan fingerprint density at radius 1 is 1.50 bits per heavy atom. The molecule has 0 saturated carbocycles. The van der Waals surface area contributed by atoms with Crippen LogP contribution in [-0.4, -0.2) is 26.3 Å². The summed E-state index contributed by atoms with van der Waals surface area (Å²) < 4.78 is 5.45. The SMILES string of the molecule is CC(C)(CCC#N)CNCC1CCCOC1. The van der Waals surface area contributed by atoms with Gasteiger partial charge in [0.25, 0.3) is 0 Å². The van der Waals surface area contributed by atoms with Gasteiger partial charge < -0.3 is 10.1 Å². The van der Waals surface area contributed by atoms with Gasteiger partial charge in [0.1, 0.15) is 0 Å². The Labute approximate surface area is 99.2 Å². The smallest absolute Gasteiger partial charge is 0.0621 e. The highest BCUT2D eigenvalue weighted by Crippen LogP contribution is 2.21. The van der Waals surface area contributed by atoms with Crippen molar-refractivity contribution in [2.24, 2.45) is 11.3 Å². The first-order chi connectivity index (χ1) is 7.64. The number of hydrogen-bond donors (Lipinski definition) is 1. The summed E-state index contributed by atoms with van der Waals surface area (Å²) >= 11 is 0. The molecule has 0 spiro atoms. The van der Waals surface area contributed by atoms with Crippen molar-refractivity contribution in [3.8, 4) is 6.07 Å². The molecule has 3 heteroatoms. The van der Waals surface area contributed by atoms with E-state index in [1.54, 1.807) is 0 Å². The maximum absolute atomic E-state index is 8.57. The molecule has 0 aromatic rings. The topological polar surface area (TPSA) is 45.0 Å². The lowest BCUT2D eigenvalue weighted by molar-refractivity contribution is 0.0539. The average molecular weight is 224 g/mol. The highest BCUT2D eigenvalue weighted by Gasteiger charge is 2.18. The van der Waals surface area contributed by atoms with Crippen molar-refractivity contribution >= 4 is 0 Å². The summed E-state index contributed by atoms with van der Waals surface area (Å²) in [5.74, 6) is 0.681. The number of ether oxygens (including phenoxy) is 1. The van der Waals surface area contributed by atoms with Crippen LogP contribution in [0.4, 0.5) is 0 Å². The van der Waals surface area contributed by atoms with Crippen LogP contribution in [0.2, 0.25) is 0 Å². The van der Waals surface area contributed by atoms with Crippen LogP contribution in [0, 0.1) is 22.7 Å². The molecule has 0 aromatic carbocycles. The lowest BCUT2D eigenvalue weighted by atomic mass is 9.88. The molecule has 0 bridgehead atoms. The van der Waals surface area contributed by atoms with Crippen molar-refractivity contribution in [1.29, 1.82) is 5.26 Å². The first-order valence-corrected chi connectivity index (χ1v) is 6.29. The van der Waals surface area contributed by atoms with Crippen molar-refractivity contribution in [1.82, 2.24) is 5.32 Å². The summed E-state index contributed by atoms with van der Waals surface area (Å²) in [4.78, 5) is 0. The molecule has 1 aliphatic rings. The van der Waals surface area contributed by atoms with Crippen LogP contribution in [0.3, 0.4) is 0 Å². The molecule has 1 unspecified atom stereocenters. The van der Waals surface area contributed by atoms with E-state index >= 15 is 0 Å². The molecule has 1 rings (SSSR count). The molecule has 1 atom stereocenters. The molecule has 1 N–H and O–H groups in total. The van der Waals surface area contributed by atoms with Gasteiger partial charge in [0.15, 0.2) is 0 Å². The first kappa shape index (κ1) is 13.5. The highest BCUT2D eigenvalue weighted by atomic mass is 16.5. The fourth-order valence-corrected chi connectivity index (χ4v) is 2.07. The van der Waals surface area contributed by atoms with Gasteiger partial charge in [0, 0.05) is 26.1 Å². The van der Waals surface area contributed by atoms with E-state index in [4.69, 9.17) is 10.00 Å².